The summed E-state index contributed by atoms with van der Waals surface area (Å²) >= 11 is 0. The Kier molecular flexibility index (Phi) is 6.73. The lowest BCUT2D eigenvalue weighted by Crippen LogP contribution is -2.33. The molecule has 1 heterocycles. The number of nitrogens with zero attached hydrogens (tertiary/aromatic N) is 2. The standard InChI is InChI=1S/C22H24N4O3/c1-15-8-6-9-16(2)21(15)24-19(28)14-23-18(27)12-7-13-20-25-26-22(29-20)17-10-4-3-5-11-17/h3-6,8-11H,7,12-14H2,1-2H3,(H,23,27)(H,24,28). The van der Waals surface area contributed by atoms with Crippen molar-refractivity contribution in [2.24, 2.45) is 0 Å². The summed E-state index contributed by atoms with van der Waals surface area (Å²) < 4.78 is 5.62. The van der Waals surface area contributed by atoms with E-state index in [1.165, 1.54) is 0 Å². The fraction of sp³-hybridized carbons (Fsp3) is 0.273. The number of anilines is 1. The molecule has 0 unspecified atom stereocenters. The molecule has 0 aliphatic rings. The zero-order valence-electron chi connectivity index (χ0n) is 16.6. The van der Waals surface area contributed by atoms with Gasteiger partial charge in [0.05, 0.1) is 6.54 Å². The molecule has 0 bridgehead atoms. The summed E-state index contributed by atoms with van der Waals surface area (Å²) in [4.78, 5) is 24.1. The van der Waals surface area contributed by atoms with Gasteiger partial charge in [-0.15, -0.1) is 10.2 Å². The molecular formula is C22H24N4O3. The van der Waals surface area contributed by atoms with Gasteiger partial charge in [0.15, 0.2) is 0 Å². The topological polar surface area (TPSA) is 97.1 Å². The number of amides is 2. The van der Waals surface area contributed by atoms with E-state index in [1.807, 2.05) is 62.4 Å². The van der Waals surface area contributed by atoms with Crippen molar-refractivity contribution >= 4 is 17.5 Å². The summed E-state index contributed by atoms with van der Waals surface area (Å²) in [6.45, 7) is 3.80. The lowest BCUT2D eigenvalue weighted by molar-refractivity contribution is -0.124. The number of rotatable bonds is 8. The summed E-state index contributed by atoms with van der Waals surface area (Å²) in [5.74, 6) is 0.516. The van der Waals surface area contributed by atoms with Crippen molar-refractivity contribution < 1.29 is 14.0 Å². The Balaban J connectivity index is 1.39. The molecule has 0 atom stereocenters. The molecule has 7 heteroatoms. The smallest absolute Gasteiger partial charge is 0.247 e. The van der Waals surface area contributed by atoms with Crippen LogP contribution in [0.5, 0.6) is 0 Å². The number of hydrogen-bond acceptors (Lipinski definition) is 5. The van der Waals surface area contributed by atoms with Gasteiger partial charge in [-0.2, -0.15) is 0 Å². The number of para-hydroxylation sites is 1. The SMILES string of the molecule is Cc1cccc(C)c1NC(=O)CNC(=O)CCCc1nnc(-c2ccccc2)o1. The van der Waals surface area contributed by atoms with Crippen molar-refractivity contribution in [3.8, 4) is 11.5 Å². The average molecular weight is 392 g/mol. The lowest BCUT2D eigenvalue weighted by Gasteiger charge is -2.11. The predicted octanol–water partition coefficient (Wildman–Crippen LogP) is 3.43. The minimum absolute atomic E-state index is 0.0642. The predicted molar refractivity (Wildman–Crippen MR) is 110 cm³/mol. The minimum atomic E-state index is -0.250. The van der Waals surface area contributed by atoms with E-state index in [9.17, 15) is 9.59 Å². The molecule has 0 saturated carbocycles. The first kappa shape index (κ1) is 20.3. The number of aromatic nitrogens is 2. The Morgan fingerprint density at radius 1 is 0.931 bits per heavy atom. The van der Waals surface area contributed by atoms with E-state index in [0.29, 0.717) is 24.6 Å². The fourth-order valence-electron chi connectivity index (χ4n) is 2.91. The van der Waals surface area contributed by atoms with Crippen LogP contribution in [0.1, 0.15) is 29.9 Å². The Hall–Kier alpha value is -3.48. The van der Waals surface area contributed by atoms with Gasteiger partial charge in [-0.3, -0.25) is 9.59 Å². The van der Waals surface area contributed by atoms with Crippen molar-refractivity contribution in [1.82, 2.24) is 15.5 Å². The molecule has 0 fully saturated rings. The van der Waals surface area contributed by atoms with Crippen LogP contribution in [0.2, 0.25) is 0 Å². The molecule has 2 aromatic carbocycles. The van der Waals surface area contributed by atoms with E-state index in [2.05, 4.69) is 20.8 Å². The number of carbonyl (C=O) groups excluding carboxylic acids is 2. The number of carbonyl (C=O) groups is 2. The Labute approximate surface area is 169 Å². The van der Waals surface area contributed by atoms with Gasteiger partial charge in [-0.05, 0) is 43.5 Å². The summed E-state index contributed by atoms with van der Waals surface area (Å²) in [5.41, 5.74) is 3.62. The van der Waals surface area contributed by atoms with Crippen LogP contribution in [0.3, 0.4) is 0 Å². The van der Waals surface area contributed by atoms with E-state index in [1.54, 1.807) is 0 Å². The van der Waals surface area contributed by atoms with Gasteiger partial charge < -0.3 is 15.1 Å². The van der Waals surface area contributed by atoms with Crippen LogP contribution >= 0.6 is 0 Å². The Bertz CT molecular complexity index is 962. The van der Waals surface area contributed by atoms with Crippen molar-refractivity contribution in [3.05, 3.63) is 65.5 Å². The minimum Gasteiger partial charge on any atom is -0.421 e. The van der Waals surface area contributed by atoms with Crippen molar-refractivity contribution in [2.45, 2.75) is 33.1 Å². The third-order valence-electron chi connectivity index (χ3n) is 4.47. The molecule has 1 aromatic heterocycles. The molecule has 2 amide bonds. The van der Waals surface area contributed by atoms with Crippen LogP contribution < -0.4 is 10.6 Å². The number of aryl methyl sites for hydroxylation is 3. The van der Waals surface area contributed by atoms with Crippen LogP contribution in [0.15, 0.2) is 52.9 Å². The third-order valence-corrected chi connectivity index (χ3v) is 4.47. The zero-order valence-corrected chi connectivity index (χ0v) is 16.6. The highest BCUT2D eigenvalue weighted by molar-refractivity contribution is 5.95. The quantitative estimate of drug-likeness (QED) is 0.612. The van der Waals surface area contributed by atoms with E-state index in [-0.39, 0.29) is 24.8 Å². The lowest BCUT2D eigenvalue weighted by atomic mass is 10.1. The van der Waals surface area contributed by atoms with Crippen LogP contribution in [-0.4, -0.2) is 28.6 Å². The maximum absolute atomic E-state index is 12.1. The zero-order chi connectivity index (χ0) is 20.6. The Morgan fingerprint density at radius 2 is 1.66 bits per heavy atom. The highest BCUT2D eigenvalue weighted by atomic mass is 16.4. The monoisotopic (exact) mass is 392 g/mol. The summed E-state index contributed by atoms with van der Waals surface area (Å²) in [6.07, 6.45) is 1.34. The Morgan fingerprint density at radius 3 is 2.38 bits per heavy atom. The second kappa shape index (κ2) is 9.64. The summed E-state index contributed by atoms with van der Waals surface area (Å²) in [6, 6.07) is 15.3. The molecule has 0 saturated heterocycles. The van der Waals surface area contributed by atoms with Gasteiger partial charge in [0.25, 0.3) is 0 Å². The molecule has 7 nitrogen and oxygen atoms in total. The van der Waals surface area contributed by atoms with E-state index in [0.717, 1.165) is 22.4 Å². The highest BCUT2D eigenvalue weighted by Gasteiger charge is 2.11. The maximum atomic E-state index is 12.1. The molecule has 3 aromatic rings. The molecule has 150 valence electrons. The second-order valence-electron chi connectivity index (χ2n) is 6.81. The average Bonchev–Trinajstić information content (AvgIpc) is 3.19. The molecule has 3 rings (SSSR count). The maximum Gasteiger partial charge on any atom is 0.247 e. The molecule has 0 aliphatic heterocycles. The van der Waals surface area contributed by atoms with Crippen LogP contribution in [-0.2, 0) is 16.0 Å². The van der Waals surface area contributed by atoms with Crippen LogP contribution in [0, 0.1) is 13.8 Å². The summed E-state index contributed by atoms with van der Waals surface area (Å²) in [7, 11) is 0. The first-order valence-corrected chi connectivity index (χ1v) is 9.53. The van der Waals surface area contributed by atoms with Gasteiger partial charge in [-0.25, -0.2) is 0 Å². The second-order valence-corrected chi connectivity index (χ2v) is 6.81. The first-order chi connectivity index (χ1) is 14.0. The fourth-order valence-corrected chi connectivity index (χ4v) is 2.91. The molecule has 2 N–H and O–H groups in total. The molecule has 0 radical (unpaired) electrons. The van der Waals surface area contributed by atoms with Gasteiger partial charge in [0.2, 0.25) is 23.6 Å². The molecular weight excluding hydrogens is 368 g/mol. The van der Waals surface area contributed by atoms with Gasteiger partial charge in [-0.1, -0.05) is 36.4 Å². The number of benzene rings is 2. The third kappa shape index (κ3) is 5.75. The van der Waals surface area contributed by atoms with Crippen LogP contribution in [0.4, 0.5) is 5.69 Å². The van der Waals surface area contributed by atoms with Crippen molar-refractivity contribution in [2.75, 3.05) is 11.9 Å². The van der Waals surface area contributed by atoms with Gasteiger partial charge in [0.1, 0.15) is 0 Å². The summed E-state index contributed by atoms with van der Waals surface area (Å²) in [5, 5.41) is 13.5. The van der Waals surface area contributed by atoms with E-state index >= 15 is 0 Å². The van der Waals surface area contributed by atoms with Gasteiger partial charge in [0, 0.05) is 24.1 Å². The largest absolute Gasteiger partial charge is 0.421 e. The van der Waals surface area contributed by atoms with E-state index in [4.69, 9.17) is 4.42 Å². The van der Waals surface area contributed by atoms with Gasteiger partial charge >= 0.3 is 0 Å². The van der Waals surface area contributed by atoms with Crippen molar-refractivity contribution in [3.63, 3.8) is 0 Å². The molecule has 29 heavy (non-hydrogen) atoms. The van der Waals surface area contributed by atoms with Crippen molar-refractivity contribution in [1.29, 1.82) is 0 Å². The van der Waals surface area contributed by atoms with Crippen LogP contribution in [0.25, 0.3) is 11.5 Å². The number of nitrogens with one attached hydrogen (secondary N) is 2. The molecule has 0 spiro atoms. The van der Waals surface area contributed by atoms with E-state index < -0.39 is 0 Å². The molecule has 0 aliphatic carbocycles. The number of hydrogen-bond donors (Lipinski definition) is 2. The first-order valence-electron chi connectivity index (χ1n) is 9.53. The normalized spacial score (nSPS) is 10.6. The highest BCUT2D eigenvalue weighted by Crippen LogP contribution is 2.19.